The molecule has 2 heterocycles. The molecule has 0 bridgehead atoms. The van der Waals surface area contributed by atoms with Crippen LogP contribution in [0.2, 0.25) is 0 Å². The molecule has 5 rings (SSSR count). The summed E-state index contributed by atoms with van der Waals surface area (Å²) >= 11 is 0. The van der Waals surface area contributed by atoms with Crippen LogP contribution in [0, 0.1) is 17.0 Å². The molecule has 1 aliphatic carbocycles. The summed E-state index contributed by atoms with van der Waals surface area (Å²) in [6.07, 6.45) is 2.98. The van der Waals surface area contributed by atoms with Gasteiger partial charge in [-0.25, -0.2) is 18.6 Å². The van der Waals surface area contributed by atoms with Gasteiger partial charge in [0.25, 0.3) is 0 Å². The zero-order chi connectivity index (χ0) is 29.1. The van der Waals surface area contributed by atoms with Crippen LogP contribution in [0.4, 0.5) is 30.8 Å². The Morgan fingerprint density at radius 3 is 2.32 bits per heavy atom. The summed E-state index contributed by atoms with van der Waals surface area (Å²) in [5.41, 5.74) is -1.07. The minimum Gasteiger partial charge on any atom is -0.457 e. The zero-order valence-electron chi connectivity index (χ0n) is 22.6. The molecule has 41 heavy (non-hydrogen) atoms. The van der Waals surface area contributed by atoms with Gasteiger partial charge >= 0.3 is 6.03 Å². The molecule has 3 aromatic rings. The van der Waals surface area contributed by atoms with Crippen molar-refractivity contribution in [2.24, 2.45) is 5.41 Å². The van der Waals surface area contributed by atoms with Crippen LogP contribution in [-0.2, 0) is 9.59 Å². The number of pyridine rings is 1. The van der Waals surface area contributed by atoms with Gasteiger partial charge in [0, 0.05) is 43.1 Å². The van der Waals surface area contributed by atoms with Crippen molar-refractivity contribution in [3.05, 3.63) is 72.4 Å². The Bertz CT molecular complexity index is 1460. The van der Waals surface area contributed by atoms with Crippen LogP contribution in [-0.4, -0.2) is 65.9 Å². The average Bonchev–Trinajstić information content (AvgIpc) is 3.60. The molecular weight excluding hydrogens is 534 g/mol. The molecule has 3 N–H and O–H groups in total. The summed E-state index contributed by atoms with van der Waals surface area (Å²) in [7, 11) is 3.97. The number of hydrogen-bond donors (Lipinski definition) is 3. The van der Waals surface area contributed by atoms with E-state index in [0.29, 0.717) is 49.2 Å². The number of urea groups is 1. The van der Waals surface area contributed by atoms with Gasteiger partial charge in [-0.2, -0.15) is 0 Å². The van der Waals surface area contributed by atoms with Gasteiger partial charge in [-0.05, 0) is 75.8 Å². The van der Waals surface area contributed by atoms with E-state index in [9.17, 15) is 23.2 Å². The second-order valence-electron chi connectivity index (χ2n) is 10.4. The molecule has 1 atom stereocenters. The highest BCUT2D eigenvalue weighted by molar-refractivity contribution is 6.16. The quantitative estimate of drug-likeness (QED) is 0.343. The van der Waals surface area contributed by atoms with Gasteiger partial charge in [0.15, 0.2) is 0 Å². The van der Waals surface area contributed by atoms with Crippen molar-refractivity contribution in [1.29, 1.82) is 0 Å². The third kappa shape index (κ3) is 6.43. The Kier molecular flexibility index (Phi) is 7.84. The van der Waals surface area contributed by atoms with Crippen LogP contribution in [0.1, 0.15) is 19.3 Å². The van der Waals surface area contributed by atoms with Crippen LogP contribution >= 0.6 is 0 Å². The lowest BCUT2D eigenvalue weighted by atomic mass is 10.0. The normalized spacial score (nSPS) is 17.2. The number of amides is 4. The van der Waals surface area contributed by atoms with Gasteiger partial charge in [-0.3, -0.25) is 14.9 Å². The van der Waals surface area contributed by atoms with E-state index in [1.54, 1.807) is 11.0 Å². The first-order valence-electron chi connectivity index (χ1n) is 13.2. The Balaban J connectivity index is 1.18. The molecule has 0 spiro atoms. The topological polar surface area (TPSA) is 116 Å². The van der Waals surface area contributed by atoms with Crippen molar-refractivity contribution in [3.8, 4) is 11.5 Å². The minimum atomic E-state index is -1.32. The number of nitrogens with zero attached hydrogens (tertiary/aromatic N) is 3. The summed E-state index contributed by atoms with van der Waals surface area (Å²) in [6.45, 7) is 1.27. The lowest BCUT2D eigenvalue weighted by Gasteiger charge is -2.20. The van der Waals surface area contributed by atoms with E-state index in [1.165, 1.54) is 48.7 Å². The number of ether oxygens (including phenoxy) is 1. The van der Waals surface area contributed by atoms with E-state index in [4.69, 9.17) is 4.74 Å². The molecule has 0 unspecified atom stereocenters. The highest BCUT2D eigenvalue weighted by Crippen LogP contribution is 2.47. The molecular formula is C29H30F2N6O4. The van der Waals surface area contributed by atoms with Crippen molar-refractivity contribution < 1.29 is 27.9 Å². The first-order valence-corrected chi connectivity index (χ1v) is 13.2. The number of likely N-dealkylation sites (tertiary alicyclic amines) is 1. The smallest absolute Gasteiger partial charge is 0.323 e. The summed E-state index contributed by atoms with van der Waals surface area (Å²) in [5, 5.41) is 7.87. The van der Waals surface area contributed by atoms with Crippen LogP contribution in [0.25, 0.3) is 0 Å². The molecule has 12 heteroatoms. The number of carbonyl (C=O) groups is 3. The maximum Gasteiger partial charge on any atom is 0.323 e. The average molecular weight is 565 g/mol. The fourth-order valence-corrected chi connectivity index (χ4v) is 4.58. The number of halogens is 2. The first-order chi connectivity index (χ1) is 19.6. The maximum absolute atomic E-state index is 14.9. The van der Waals surface area contributed by atoms with Crippen molar-refractivity contribution in [1.82, 2.24) is 14.8 Å². The number of aromatic nitrogens is 1. The summed E-state index contributed by atoms with van der Waals surface area (Å²) < 4.78 is 33.8. The highest BCUT2D eigenvalue weighted by atomic mass is 19.1. The lowest BCUT2D eigenvalue weighted by molar-refractivity contribution is -0.131. The third-order valence-corrected chi connectivity index (χ3v) is 7.29. The molecule has 2 aliphatic rings. The van der Waals surface area contributed by atoms with Crippen LogP contribution in [0.5, 0.6) is 11.5 Å². The van der Waals surface area contributed by atoms with E-state index in [-0.39, 0.29) is 17.5 Å². The summed E-state index contributed by atoms with van der Waals surface area (Å²) in [4.78, 5) is 46.3. The van der Waals surface area contributed by atoms with Crippen molar-refractivity contribution in [2.45, 2.75) is 25.3 Å². The van der Waals surface area contributed by atoms with Crippen LogP contribution < -0.4 is 20.7 Å². The second-order valence-corrected chi connectivity index (χ2v) is 10.4. The third-order valence-electron chi connectivity index (χ3n) is 7.29. The van der Waals surface area contributed by atoms with E-state index >= 15 is 0 Å². The summed E-state index contributed by atoms with van der Waals surface area (Å²) in [5.74, 6) is -1.59. The summed E-state index contributed by atoms with van der Waals surface area (Å²) in [6, 6.07) is 12.3. The van der Waals surface area contributed by atoms with Crippen LogP contribution in [0.3, 0.4) is 0 Å². The Morgan fingerprint density at radius 1 is 0.951 bits per heavy atom. The van der Waals surface area contributed by atoms with Gasteiger partial charge in [0.05, 0.1) is 5.69 Å². The number of benzene rings is 2. The molecule has 214 valence electrons. The van der Waals surface area contributed by atoms with Gasteiger partial charge in [-0.15, -0.1) is 0 Å². The Labute approximate surface area is 235 Å². The van der Waals surface area contributed by atoms with Gasteiger partial charge in [0.2, 0.25) is 11.8 Å². The predicted molar refractivity (Wildman–Crippen MR) is 149 cm³/mol. The van der Waals surface area contributed by atoms with E-state index < -0.39 is 28.9 Å². The molecule has 2 fully saturated rings. The standard InChI is InChI=1S/C29H30F2N6O4/c1-36(2)20-10-14-37(17-20)28(40)35-25-16-22(9-13-32-25)41-21-7-8-24(23(31)15-21)34-27(39)29(11-12-29)26(38)33-19-5-3-18(30)4-6-19/h3-9,13,15-16,20H,10-12,14,17H2,1-2H3,(H,33,38)(H,34,39)(H,32,35,40)/t20-/m0/s1. The number of anilines is 3. The van der Waals surface area contributed by atoms with Gasteiger partial charge in [0.1, 0.15) is 34.4 Å². The fourth-order valence-electron chi connectivity index (χ4n) is 4.58. The monoisotopic (exact) mass is 564 g/mol. The van der Waals surface area contributed by atoms with E-state index in [1.807, 2.05) is 14.1 Å². The zero-order valence-corrected chi connectivity index (χ0v) is 22.6. The van der Waals surface area contributed by atoms with Gasteiger partial charge in [-0.1, -0.05) is 0 Å². The molecule has 10 nitrogen and oxygen atoms in total. The molecule has 1 aromatic heterocycles. The Hall–Kier alpha value is -4.58. The predicted octanol–water partition coefficient (Wildman–Crippen LogP) is 4.68. The SMILES string of the molecule is CN(C)[C@H]1CCN(C(=O)Nc2cc(Oc3ccc(NC(=O)C4(C(=O)Nc5ccc(F)cc5)CC4)c(F)c3)ccn2)C1. The number of rotatable bonds is 8. The molecule has 0 radical (unpaired) electrons. The molecule has 1 saturated carbocycles. The molecule has 2 aromatic carbocycles. The maximum atomic E-state index is 14.9. The minimum absolute atomic E-state index is 0.104. The number of nitrogens with one attached hydrogen (secondary N) is 3. The van der Waals surface area contributed by atoms with E-state index in [0.717, 1.165) is 12.5 Å². The molecule has 1 saturated heterocycles. The fraction of sp³-hybridized carbons (Fsp3) is 0.310. The number of likely N-dealkylation sites (N-methyl/N-ethyl adjacent to an activating group) is 1. The lowest BCUT2D eigenvalue weighted by Crippen LogP contribution is -2.37. The van der Waals surface area contributed by atoms with E-state index in [2.05, 4.69) is 25.8 Å². The first kappa shape index (κ1) is 28.0. The van der Waals surface area contributed by atoms with Crippen molar-refractivity contribution in [3.63, 3.8) is 0 Å². The Morgan fingerprint density at radius 2 is 1.66 bits per heavy atom. The largest absolute Gasteiger partial charge is 0.457 e. The van der Waals surface area contributed by atoms with Crippen molar-refractivity contribution >= 4 is 35.0 Å². The number of carbonyl (C=O) groups excluding carboxylic acids is 3. The molecule has 4 amide bonds. The second kappa shape index (κ2) is 11.5. The van der Waals surface area contributed by atoms with Crippen molar-refractivity contribution in [2.75, 3.05) is 43.1 Å². The highest BCUT2D eigenvalue weighted by Gasteiger charge is 2.56. The van der Waals surface area contributed by atoms with Gasteiger partial charge < -0.3 is 25.2 Å². The molecule has 1 aliphatic heterocycles. The number of hydrogen-bond acceptors (Lipinski definition) is 6. The van der Waals surface area contributed by atoms with Crippen LogP contribution in [0.15, 0.2) is 60.8 Å².